The number of aromatic nitrogens is 2. The second kappa shape index (κ2) is 13.9. The molecule has 1 saturated carbocycles. The molecular formula is C23H38N2O7. The molecular weight excluding hydrogens is 416 g/mol. The van der Waals surface area contributed by atoms with E-state index in [4.69, 9.17) is 15.3 Å². The maximum absolute atomic E-state index is 10.5. The number of unbranched alkanes of at least 4 members (excludes halogenated alkanes) is 1. The van der Waals surface area contributed by atoms with Gasteiger partial charge < -0.3 is 25.0 Å². The Kier molecular flexibility index (Phi) is 12.0. The van der Waals surface area contributed by atoms with Crippen molar-refractivity contribution >= 4 is 17.9 Å². The zero-order valence-electron chi connectivity index (χ0n) is 19.2. The maximum Gasteiger partial charge on any atom is 0.336 e. The Morgan fingerprint density at radius 1 is 1.12 bits per heavy atom. The van der Waals surface area contributed by atoms with E-state index in [1.54, 1.807) is 0 Å². The highest BCUT2D eigenvalue weighted by Crippen LogP contribution is 2.28. The summed E-state index contributed by atoms with van der Waals surface area (Å²) in [6, 6.07) is 0. The Hall–Kier alpha value is -2.42. The minimum atomic E-state index is -2.59. The topological polar surface area (TPSA) is 150 Å². The van der Waals surface area contributed by atoms with Gasteiger partial charge in [-0.15, -0.1) is 0 Å². The number of hydrogen-bond acceptors (Lipinski definition) is 5. The summed E-state index contributed by atoms with van der Waals surface area (Å²) in [7, 11) is 0. The molecule has 0 spiro atoms. The molecule has 1 aliphatic carbocycles. The fourth-order valence-corrected chi connectivity index (χ4v) is 4.10. The van der Waals surface area contributed by atoms with E-state index in [1.807, 2.05) is 12.5 Å². The van der Waals surface area contributed by atoms with Crippen molar-refractivity contribution in [3.05, 3.63) is 18.7 Å². The lowest BCUT2D eigenvalue weighted by Crippen LogP contribution is -2.47. The molecule has 1 aromatic heterocycles. The van der Waals surface area contributed by atoms with E-state index >= 15 is 0 Å². The fourth-order valence-electron chi connectivity index (χ4n) is 4.10. The van der Waals surface area contributed by atoms with Gasteiger partial charge in [0, 0.05) is 18.9 Å². The summed E-state index contributed by atoms with van der Waals surface area (Å²) >= 11 is 0. The van der Waals surface area contributed by atoms with Crippen LogP contribution in [0.15, 0.2) is 18.7 Å². The smallest absolute Gasteiger partial charge is 0.336 e. The molecule has 1 aliphatic rings. The van der Waals surface area contributed by atoms with Gasteiger partial charge in [-0.3, -0.25) is 9.59 Å². The lowest BCUT2D eigenvalue weighted by atomic mass is 9.85. The van der Waals surface area contributed by atoms with Crippen molar-refractivity contribution in [2.75, 3.05) is 0 Å². The van der Waals surface area contributed by atoms with Crippen molar-refractivity contribution in [3.63, 3.8) is 0 Å². The molecule has 0 aliphatic heterocycles. The molecule has 1 fully saturated rings. The Bertz CT molecular complexity index is 697. The quantitative estimate of drug-likeness (QED) is 0.349. The minimum absolute atomic E-state index is 0.747. The molecule has 1 heterocycles. The van der Waals surface area contributed by atoms with Gasteiger partial charge in [0.05, 0.1) is 12.7 Å². The lowest BCUT2D eigenvalue weighted by molar-refractivity contribution is -0.174. The van der Waals surface area contributed by atoms with Crippen molar-refractivity contribution in [2.24, 2.45) is 17.8 Å². The van der Waals surface area contributed by atoms with Crippen molar-refractivity contribution in [2.45, 2.75) is 90.2 Å². The first kappa shape index (κ1) is 27.6. The van der Waals surface area contributed by atoms with Gasteiger partial charge in [-0.25, -0.2) is 9.78 Å². The van der Waals surface area contributed by atoms with E-state index in [0.29, 0.717) is 0 Å². The van der Waals surface area contributed by atoms with Gasteiger partial charge in [-0.2, -0.15) is 0 Å². The highest BCUT2D eigenvalue weighted by molar-refractivity contribution is 5.87. The molecule has 2 rings (SSSR count). The number of carboxylic acids is 3. The normalized spacial score (nSPS) is 18.0. The molecule has 0 radical (unpaired) electrons. The minimum Gasteiger partial charge on any atom is -0.481 e. The second-order valence-corrected chi connectivity index (χ2v) is 9.09. The Balaban J connectivity index is 0.000000333. The van der Waals surface area contributed by atoms with Gasteiger partial charge in [0.25, 0.3) is 0 Å². The van der Waals surface area contributed by atoms with Crippen molar-refractivity contribution < 1.29 is 34.8 Å². The number of aliphatic hydroxyl groups is 1. The zero-order chi connectivity index (χ0) is 24.1. The number of aliphatic carboxylic acids is 3. The fraction of sp³-hybridized carbons (Fsp3) is 0.739. The number of hydrogen-bond donors (Lipinski definition) is 4. The molecule has 9 nitrogen and oxygen atoms in total. The SMILES string of the molecule is CC(CCCCC1CCCCC1)Cn1ccnc1.CC(O)(C(=O)O)C(CC(=O)O)C(=O)O. The third kappa shape index (κ3) is 10.3. The largest absolute Gasteiger partial charge is 0.481 e. The third-order valence-corrected chi connectivity index (χ3v) is 6.15. The van der Waals surface area contributed by atoms with Crippen molar-refractivity contribution in [1.29, 1.82) is 0 Å². The summed E-state index contributed by atoms with van der Waals surface area (Å²) < 4.78 is 2.20. The standard InChI is InChI=1S/C16H28N2.C7H10O7/c1-15(13-18-12-11-17-14-18)7-5-6-10-16-8-3-2-4-9-16;1-7(14,6(12)13)3(5(10)11)2-4(8)9/h11-12,14-16H,2-10,13H2,1H3;3,14H,2H2,1H3,(H,8,9)(H,10,11)(H,12,13). The molecule has 0 amide bonds. The summed E-state index contributed by atoms with van der Waals surface area (Å²) in [6.45, 7) is 4.24. The molecule has 9 heteroatoms. The van der Waals surface area contributed by atoms with Crippen LogP contribution in [0.25, 0.3) is 0 Å². The van der Waals surface area contributed by atoms with E-state index < -0.39 is 35.8 Å². The highest BCUT2D eigenvalue weighted by Gasteiger charge is 2.45. The first-order chi connectivity index (χ1) is 15.0. The monoisotopic (exact) mass is 454 g/mol. The summed E-state index contributed by atoms with van der Waals surface area (Å²) in [5, 5.41) is 34.5. The Morgan fingerprint density at radius 3 is 2.28 bits per heavy atom. The van der Waals surface area contributed by atoms with Crippen LogP contribution in [0.2, 0.25) is 0 Å². The predicted molar refractivity (Wildman–Crippen MR) is 118 cm³/mol. The second-order valence-electron chi connectivity index (χ2n) is 9.09. The van der Waals surface area contributed by atoms with Gasteiger partial charge in [0.1, 0.15) is 5.92 Å². The lowest BCUT2D eigenvalue weighted by Gasteiger charge is -2.23. The summed E-state index contributed by atoms with van der Waals surface area (Å²) in [4.78, 5) is 35.3. The van der Waals surface area contributed by atoms with E-state index in [2.05, 4.69) is 22.7 Å². The summed E-state index contributed by atoms with van der Waals surface area (Å²) in [6.07, 6.45) is 18.1. The molecule has 1 aromatic rings. The molecule has 3 unspecified atom stereocenters. The van der Waals surface area contributed by atoms with Crippen molar-refractivity contribution in [1.82, 2.24) is 9.55 Å². The number of carboxylic acid groups (broad SMARTS) is 3. The molecule has 182 valence electrons. The summed E-state index contributed by atoms with van der Waals surface area (Å²) in [5.41, 5.74) is -2.59. The van der Waals surface area contributed by atoms with Crippen LogP contribution in [0.1, 0.15) is 78.1 Å². The average Bonchev–Trinajstić information content (AvgIpc) is 3.23. The number of nitrogens with zero attached hydrogens (tertiary/aromatic N) is 2. The van der Waals surface area contributed by atoms with Crippen LogP contribution < -0.4 is 0 Å². The Labute approximate surface area is 189 Å². The Morgan fingerprint density at radius 2 is 1.78 bits per heavy atom. The molecule has 3 atom stereocenters. The molecule has 0 saturated heterocycles. The third-order valence-electron chi connectivity index (χ3n) is 6.15. The van der Waals surface area contributed by atoms with Gasteiger partial charge in [0.15, 0.2) is 5.60 Å². The zero-order valence-corrected chi connectivity index (χ0v) is 19.2. The van der Waals surface area contributed by atoms with Crippen LogP contribution in [0.3, 0.4) is 0 Å². The predicted octanol–water partition coefficient (Wildman–Crippen LogP) is 3.66. The van der Waals surface area contributed by atoms with E-state index in [1.165, 1.54) is 57.8 Å². The summed E-state index contributed by atoms with van der Waals surface area (Å²) in [5.74, 6) is -4.96. The van der Waals surface area contributed by atoms with Gasteiger partial charge >= 0.3 is 17.9 Å². The van der Waals surface area contributed by atoms with Crippen LogP contribution in [-0.2, 0) is 20.9 Å². The van der Waals surface area contributed by atoms with Crippen LogP contribution in [-0.4, -0.2) is 53.5 Å². The first-order valence-corrected chi connectivity index (χ1v) is 11.4. The number of imidazole rings is 1. The van der Waals surface area contributed by atoms with Crippen LogP contribution >= 0.6 is 0 Å². The van der Waals surface area contributed by atoms with Crippen LogP contribution in [0, 0.1) is 17.8 Å². The maximum atomic E-state index is 10.5. The molecule has 0 bridgehead atoms. The van der Waals surface area contributed by atoms with Gasteiger partial charge in [0.2, 0.25) is 0 Å². The number of carbonyl (C=O) groups is 3. The first-order valence-electron chi connectivity index (χ1n) is 11.4. The molecule has 0 aromatic carbocycles. The van der Waals surface area contributed by atoms with Crippen molar-refractivity contribution in [3.8, 4) is 0 Å². The van der Waals surface area contributed by atoms with Gasteiger partial charge in [-0.05, 0) is 25.2 Å². The molecule has 32 heavy (non-hydrogen) atoms. The van der Waals surface area contributed by atoms with E-state index in [-0.39, 0.29) is 0 Å². The van der Waals surface area contributed by atoms with Gasteiger partial charge in [-0.1, -0.05) is 58.3 Å². The van der Waals surface area contributed by atoms with E-state index in [9.17, 15) is 19.5 Å². The highest BCUT2D eigenvalue weighted by atomic mass is 16.4. The van der Waals surface area contributed by atoms with Crippen LogP contribution in [0.4, 0.5) is 0 Å². The molecule has 4 N–H and O–H groups in total. The van der Waals surface area contributed by atoms with Crippen LogP contribution in [0.5, 0.6) is 0 Å². The average molecular weight is 455 g/mol. The van der Waals surface area contributed by atoms with E-state index in [0.717, 1.165) is 25.3 Å². The number of rotatable bonds is 12.